The summed E-state index contributed by atoms with van der Waals surface area (Å²) in [4.78, 5) is 11.6. The third-order valence-corrected chi connectivity index (χ3v) is 3.30. The van der Waals surface area contributed by atoms with E-state index < -0.39 is 0 Å². The lowest BCUT2D eigenvalue weighted by Crippen LogP contribution is -2.42. The normalized spacial score (nSPS) is 21.7. The van der Waals surface area contributed by atoms with Crippen molar-refractivity contribution in [2.45, 2.75) is 52.0 Å². The van der Waals surface area contributed by atoms with Crippen molar-refractivity contribution in [1.29, 1.82) is 0 Å². The van der Waals surface area contributed by atoms with E-state index in [0.29, 0.717) is 12.3 Å². The van der Waals surface area contributed by atoms with E-state index in [1.165, 1.54) is 6.42 Å². The van der Waals surface area contributed by atoms with E-state index in [9.17, 15) is 4.79 Å². The molecule has 0 aliphatic carbocycles. The topological polar surface area (TPSA) is 41.1 Å². The van der Waals surface area contributed by atoms with Crippen molar-refractivity contribution >= 4 is 5.91 Å². The van der Waals surface area contributed by atoms with Gasteiger partial charge in [-0.2, -0.15) is 0 Å². The van der Waals surface area contributed by atoms with Crippen LogP contribution in [0.2, 0.25) is 0 Å². The summed E-state index contributed by atoms with van der Waals surface area (Å²) in [5.74, 6) is 0.911. The predicted molar refractivity (Wildman–Crippen MR) is 62.7 cm³/mol. The van der Waals surface area contributed by atoms with Crippen LogP contribution in [0, 0.1) is 5.92 Å². The van der Waals surface area contributed by atoms with Crippen LogP contribution in [0.3, 0.4) is 0 Å². The SMILES string of the molecule is CCC(C)(C)NC(=O)CCC1CCNC1. The zero-order chi connectivity index (χ0) is 11.3. The molecule has 3 nitrogen and oxygen atoms in total. The largest absolute Gasteiger partial charge is 0.351 e. The van der Waals surface area contributed by atoms with Gasteiger partial charge in [-0.3, -0.25) is 4.79 Å². The molecular formula is C12H24N2O. The monoisotopic (exact) mass is 212 g/mol. The van der Waals surface area contributed by atoms with E-state index in [1.54, 1.807) is 0 Å². The first kappa shape index (κ1) is 12.5. The summed E-state index contributed by atoms with van der Waals surface area (Å²) in [5.41, 5.74) is -0.0506. The minimum absolute atomic E-state index is 0.0506. The van der Waals surface area contributed by atoms with Crippen molar-refractivity contribution in [3.8, 4) is 0 Å². The third kappa shape index (κ3) is 4.65. The fourth-order valence-corrected chi connectivity index (χ4v) is 1.82. The van der Waals surface area contributed by atoms with Crippen LogP contribution in [0.15, 0.2) is 0 Å². The molecule has 1 saturated heterocycles. The third-order valence-electron chi connectivity index (χ3n) is 3.30. The first-order chi connectivity index (χ1) is 7.03. The van der Waals surface area contributed by atoms with Gasteiger partial charge in [-0.1, -0.05) is 6.92 Å². The van der Waals surface area contributed by atoms with Gasteiger partial charge >= 0.3 is 0 Å². The van der Waals surface area contributed by atoms with Gasteiger partial charge < -0.3 is 10.6 Å². The molecule has 1 amide bonds. The molecule has 1 heterocycles. The summed E-state index contributed by atoms with van der Waals surface area (Å²) < 4.78 is 0. The Morgan fingerprint density at radius 1 is 1.53 bits per heavy atom. The summed E-state index contributed by atoms with van der Waals surface area (Å²) >= 11 is 0. The Hall–Kier alpha value is -0.570. The smallest absolute Gasteiger partial charge is 0.220 e. The fourth-order valence-electron chi connectivity index (χ4n) is 1.82. The average Bonchev–Trinajstić information content (AvgIpc) is 2.66. The van der Waals surface area contributed by atoms with Crippen LogP contribution < -0.4 is 10.6 Å². The van der Waals surface area contributed by atoms with Crippen molar-refractivity contribution in [3.63, 3.8) is 0 Å². The van der Waals surface area contributed by atoms with Gasteiger partial charge in [-0.15, -0.1) is 0 Å². The molecule has 1 unspecified atom stereocenters. The van der Waals surface area contributed by atoms with Gasteiger partial charge in [0.25, 0.3) is 0 Å². The second-order valence-corrected chi connectivity index (χ2v) is 5.18. The second-order valence-electron chi connectivity index (χ2n) is 5.18. The number of hydrogen-bond donors (Lipinski definition) is 2. The molecule has 2 N–H and O–H groups in total. The first-order valence-corrected chi connectivity index (χ1v) is 6.05. The zero-order valence-electron chi connectivity index (χ0n) is 10.2. The summed E-state index contributed by atoms with van der Waals surface area (Å²) in [6, 6.07) is 0. The molecule has 0 saturated carbocycles. The van der Waals surface area contributed by atoms with E-state index in [-0.39, 0.29) is 11.4 Å². The minimum Gasteiger partial charge on any atom is -0.351 e. The lowest BCUT2D eigenvalue weighted by molar-refractivity contribution is -0.123. The van der Waals surface area contributed by atoms with Crippen LogP contribution in [0.1, 0.15) is 46.5 Å². The van der Waals surface area contributed by atoms with Crippen molar-refractivity contribution in [2.24, 2.45) is 5.92 Å². The van der Waals surface area contributed by atoms with E-state index in [4.69, 9.17) is 0 Å². The van der Waals surface area contributed by atoms with Crippen LogP contribution in [0.4, 0.5) is 0 Å². The molecule has 88 valence electrons. The number of rotatable bonds is 5. The average molecular weight is 212 g/mol. The Bertz CT molecular complexity index is 208. The highest BCUT2D eigenvalue weighted by molar-refractivity contribution is 5.76. The zero-order valence-corrected chi connectivity index (χ0v) is 10.2. The number of carbonyl (C=O) groups excluding carboxylic acids is 1. The van der Waals surface area contributed by atoms with Crippen LogP contribution in [-0.4, -0.2) is 24.5 Å². The Labute approximate surface area is 93.0 Å². The minimum atomic E-state index is -0.0506. The molecule has 15 heavy (non-hydrogen) atoms. The van der Waals surface area contributed by atoms with Crippen LogP contribution in [0.25, 0.3) is 0 Å². The Morgan fingerprint density at radius 3 is 2.80 bits per heavy atom. The fraction of sp³-hybridized carbons (Fsp3) is 0.917. The van der Waals surface area contributed by atoms with E-state index in [2.05, 4.69) is 31.4 Å². The standard InChI is InChI=1S/C12H24N2O/c1-4-12(2,3)14-11(15)6-5-10-7-8-13-9-10/h10,13H,4-9H2,1-3H3,(H,14,15). The Morgan fingerprint density at radius 2 is 2.27 bits per heavy atom. The van der Waals surface area contributed by atoms with Gasteiger partial charge in [-0.25, -0.2) is 0 Å². The lowest BCUT2D eigenvalue weighted by atomic mass is 9.99. The summed E-state index contributed by atoms with van der Waals surface area (Å²) in [7, 11) is 0. The molecule has 1 fully saturated rings. The quantitative estimate of drug-likeness (QED) is 0.728. The maximum Gasteiger partial charge on any atom is 0.220 e. The predicted octanol–water partition coefficient (Wildman–Crippen LogP) is 1.68. The highest BCUT2D eigenvalue weighted by Gasteiger charge is 2.19. The van der Waals surface area contributed by atoms with Crippen molar-refractivity contribution < 1.29 is 4.79 Å². The second kappa shape index (κ2) is 5.50. The molecule has 1 atom stereocenters. The molecule has 0 aromatic heterocycles. The van der Waals surface area contributed by atoms with E-state index >= 15 is 0 Å². The molecule has 0 spiro atoms. The van der Waals surface area contributed by atoms with Gasteiger partial charge in [0.2, 0.25) is 5.91 Å². The molecule has 1 aliphatic heterocycles. The van der Waals surface area contributed by atoms with Crippen molar-refractivity contribution in [1.82, 2.24) is 10.6 Å². The number of hydrogen-bond acceptors (Lipinski definition) is 2. The van der Waals surface area contributed by atoms with Crippen molar-refractivity contribution in [2.75, 3.05) is 13.1 Å². The molecule has 0 aromatic rings. The highest BCUT2D eigenvalue weighted by atomic mass is 16.1. The first-order valence-electron chi connectivity index (χ1n) is 6.05. The van der Waals surface area contributed by atoms with E-state index in [0.717, 1.165) is 25.9 Å². The Balaban J connectivity index is 2.18. The lowest BCUT2D eigenvalue weighted by Gasteiger charge is -2.24. The van der Waals surface area contributed by atoms with Crippen LogP contribution >= 0.6 is 0 Å². The summed E-state index contributed by atoms with van der Waals surface area (Å²) in [6.07, 6.45) is 3.91. The van der Waals surface area contributed by atoms with Gasteiger partial charge in [0.15, 0.2) is 0 Å². The molecule has 1 rings (SSSR count). The van der Waals surface area contributed by atoms with Gasteiger partial charge in [-0.05, 0) is 52.1 Å². The molecular weight excluding hydrogens is 188 g/mol. The highest BCUT2D eigenvalue weighted by Crippen LogP contribution is 2.15. The molecule has 3 heteroatoms. The van der Waals surface area contributed by atoms with Gasteiger partial charge in [0.05, 0.1) is 0 Å². The molecule has 0 radical (unpaired) electrons. The molecule has 1 aliphatic rings. The van der Waals surface area contributed by atoms with Gasteiger partial charge in [0, 0.05) is 12.0 Å². The number of amides is 1. The van der Waals surface area contributed by atoms with E-state index in [1.807, 2.05) is 0 Å². The van der Waals surface area contributed by atoms with Crippen molar-refractivity contribution in [3.05, 3.63) is 0 Å². The number of nitrogens with one attached hydrogen (secondary N) is 2. The maximum absolute atomic E-state index is 11.6. The summed E-state index contributed by atoms with van der Waals surface area (Å²) in [5, 5.41) is 6.39. The molecule has 0 bridgehead atoms. The maximum atomic E-state index is 11.6. The van der Waals surface area contributed by atoms with Gasteiger partial charge in [0.1, 0.15) is 0 Å². The Kier molecular flexibility index (Phi) is 4.58. The van der Waals surface area contributed by atoms with Crippen LogP contribution in [-0.2, 0) is 4.79 Å². The summed E-state index contributed by atoms with van der Waals surface area (Å²) in [6.45, 7) is 8.45. The molecule has 0 aromatic carbocycles. The number of carbonyl (C=O) groups is 1. The van der Waals surface area contributed by atoms with Crippen LogP contribution in [0.5, 0.6) is 0 Å².